The molecule has 0 aliphatic heterocycles. The summed E-state index contributed by atoms with van der Waals surface area (Å²) in [4.78, 5) is 0. The minimum Gasteiger partial charge on any atom is -0.373 e. The van der Waals surface area contributed by atoms with Crippen LogP contribution in [0.2, 0.25) is 10.0 Å². The van der Waals surface area contributed by atoms with Crippen LogP contribution in [0, 0.1) is 0 Å². The molecule has 0 atom stereocenters. The third kappa shape index (κ3) is 4.86. The van der Waals surface area contributed by atoms with Gasteiger partial charge in [-0.2, -0.15) is 0 Å². The Hall–Kier alpha value is -1.07. The average Bonchev–Trinajstić information content (AvgIpc) is 3.44. The quantitative estimate of drug-likeness (QED) is 0.624. The van der Waals surface area contributed by atoms with E-state index in [9.17, 15) is 0 Å². The Labute approximate surface area is 171 Å². The van der Waals surface area contributed by atoms with E-state index in [2.05, 4.69) is 5.16 Å². The Morgan fingerprint density at radius 1 is 1.07 bits per heavy atom. The van der Waals surface area contributed by atoms with E-state index in [1.165, 1.54) is 0 Å². The average molecular weight is 411 g/mol. The van der Waals surface area contributed by atoms with Crippen LogP contribution in [0.4, 0.5) is 0 Å². The predicted molar refractivity (Wildman–Crippen MR) is 110 cm³/mol. The van der Waals surface area contributed by atoms with Gasteiger partial charge in [0, 0.05) is 23.1 Å². The number of hydrogen-bond acceptors (Lipinski definition) is 4. The Morgan fingerprint density at radius 3 is 2.30 bits per heavy atom. The van der Waals surface area contributed by atoms with Crippen molar-refractivity contribution in [2.75, 3.05) is 0 Å². The first-order valence-corrected chi connectivity index (χ1v) is 10.7. The van der Waals surface area contributed by atoms with Crippen LogP contribution in [0.25, 0.3) is 11.3 Å². The van der Waals surface area contributed by atoms with Crippen molar-refractivity contribution in [2.24, 2.45) is 5.73 Å². The summed E-state index contributed by atoms with van der Waals surface area (Å²) in [5.74, 6) is 1.37. The van der Waals surface area contributed by atoms with E-state index in [4.69, 9.17) is 38.2 Å². The maximum atomic E-state index is 6.38. The van der Waals surface area contributed by atoms with Gasteiger partial charge in [-0.25, -0.2) is 0 Å². The maximum Gasteiger partial charge on any atom is 0.145 e. The van der Waals surface area contributed by atoms with Crippen molar-refractivity contribution in [2.45, 2.75) is 77.0 Å². The van der Waals surface area contributed by atoms with Gasteiger partial charge < -0.3 is 15.0 Å². The fraction of sp³-hybridized carbons (Fsp3) is 0.571. The lowest BCUT2D eigenvalue weighted by molar-refractivity contribution is 0.0134. The molecule has 27 heavy (non-hydrogen) atoms. The first kappa shape index (κ1) is 20.7. The molecule has 0 saturated heterocycles. The van der Waals surface area contributed by atoms with Crippen molar-refractivity contribution in [3.05, 3.63) is 39.6 Å². The van der Waals surface area contributed by atoms with Gasteiger partial charge in [-0.05, 0) is 50.7 Å². The van der Waals surface area contributed by atoms with Gasteiger partial charge in [0.1, 0.15) is 11.5 Å². The summed E-state index contributed by atoms with van der Waals surface area (Å²) in [7, 11) is 0. The first-order chi connectivity index (χ1) is 13.1. The summed E-state index contributed by atoms with van der Waals surface area (Å²) in [6.07, 6.45) is 6.57. The second kappa shape index (κ2) is 9.42. The summed E-state index contributed by atoms with van der Waals surface area (Å²) in [5, 5.41) is 5.45. The van der Waals surface area contributed by atoms with Crippen molar-refractivity contribution >= 4 is 23.2 Å². The molecule has 0 bridgehead atoms. The minimum atomic E-state index is 0.247. The highest BCUT2D eigenvalue weighted by molar-refractivity contribution is 6.39. The highest BCUT2D eigenvalue weighted by atomic mass is 35.5. The van der Waals surface area contributed by atoms with Gasteiger partial charge >= 0.3 is 0 Å². The highest BCUT2D eigenvalue weighted by Gasteiger charge is 2.34. The number of nitrogens with zero attached hydrogens (tertiary/aromatic N) is 1. The molecule has 2 aromatic rings. The molecule has 1 aromatic heterocycles. The smallest absolute Gasteiger partial charge is 0.145 e. The molecule has 2 fully saturated rings. The zero-order valence-corrected chi connectivity index (χ0v) is 17.5. The summed E-state index contributed by atoms with van der Waals surface area (Å²) in [5.41, 5.74) is 8.42. The number of nitrogens with two attached hydrogens (primary N) is 1. The molecule has 0 spiro atoms. The van der Waals surface area contributed by atoms with Crippen LogP contribution in [0.5, 0.6) is 0 Å². The number of ether oxygens (including phenoxy) is 1. The first-order valence-electron chi connectivity index (χ1n) is 9.93. The number of hydrogen-bond donors (Lipinski definition) is 1. The van der Waals surface area contributed by atoms with Crippen molar-refractivity contribution in [3.8, 4) is 11.3 Å². The molecular weight excluding hydrogens is 383 g/mol. The number of rotatable bonds is 5. The molecule has 4 nitrogen and oxygen atoms in total. The monoisotopic (exact) mass is 410 g/mol. The van der Waals surface area contributed by atoms with E-state index in [1.54, 1.807) is 0 Å². The van der Waals surface area contributed by atoms with Crippen molar-refractivity contribution in [1.29, 1.82) is 0 Å². The van der Waals surface area contributed by atoms with Gasteiger partial charge in [0.25, 0.3) is 0 Å². The number of halogens is 2. The van der Waals surface area contributed by atoms with Gasteiger partial charge in [-0.3, -0.25) is 0 Å². The zero-order chi connectivity index (χ0) is 19.4. The van der Waals surface area contributed by atoms with E-state index in [1.807, 2.05) is 32.0 Å². The van der Waals surface area contributed by atoms with Gasteiger partial charge in [0.2, 0.25) is 0 Å². The van der Waals surface area contributed by atoms with E-state index in [-0.39, 0.29) is 6.10 Å². The normalized spacial score (nSPS) is 22.3. The summed E-state index contributed by atoms with van der Waals surface area (Å²) >= 11 is 12.8. The second-order valence-electron chi connectivity index (χ2n) is 7.09. The molecular formula is C21H28Cl2N2O2. The highest BCUT2D eigenvalue weighted by Crippen LogP contribution is 2.46. The van der Waals surface area contributed by atoms with Crippen LogP contribution >= 0.6 is 23.2 Å². The SMILES string of the molecule is CC.NC1CCC(OCc2c(-c3c(Cl)cccc3Cl)noc2C2CC2)CC1. The molecule has 1 heterocycles. The van der Waals surface area contributed by atoms with Crippen LogP contribution in [0.15, 0.2) is 22.7 Å². The fourth-order valence-electron chi connectivity index (χ4n) is 3.50. The number of aromatic nitrogens is 1. The lowest BCUT2D eigenvalue weighted by Gasteiger charge is -2.26. The van der Waals surface area contributed by atoms with Gasteiger partial charge in [0.15, 0.2) is 0 Å². The van der Waals surface area contributed by atoms with Crippen molar-refractivity contribution < 1.29 is 9.26 Å². The second-order valence-corrected chi connectivity index (χ2v) is 7.91. The summed E-state index contributed by atoms with van der Waals surface area (Å²) in [6, 6.07) is 5.79. The van der Waals surface area contributed by atoms with Crippen LogP contribution in [0.1, 0.15) is 69.6 Å². The van der Waals surface area contributed by atoms with Gasteiger partial charge in [-0.1, -0.05) is 48.3 Å². The van der Waals surface area contributed by atoms with Gasteiger partial charge in [-0.15, -0.1) is 0 Å². The lowest BCUT2D eigenvalue weighted by Crippen LogP contribution is -2.30. The van der Waals surface area contributed by atoms with Crippen LogP contribution in [0.3, 0.4) is 0 Å². The number of benzene rings is 1. The topological polar surface area (TPSA) is 61.3 Å². The minimum absolute atomic E-state index is 0.247. The predicted octanol–water partition coefficient (Wildman–Crippen LogP) is 6.34. The Kier molecular flexibility index (Phi) is 7.21. The van der Waals surface area contributed by atoms with Gasteiger partial charge in [0.05, 0.1) is 22.8 Å². The molecule has 6 heteroatoms. The Morgan fingerprint density at radius 2 is 1.70 bits per heavy atom. The summed E-state index contributed by atoms with van der Waals surface area (Å²) < 4.78 is 11.9. The Bertz CT molecular complexity index is 730. The van der Waals surface area contributed by atoms with Crippen LogP contribution < -0.4 is 5.73 Å². The molecule has 1 aromatic carbocycles. The van der Waals surface area contributed by atoms with Crippen LogP contribution in [-0.2, 0) is 11.3 Å². The molecule has 2 aliphatic carbocycles. The van der Waals surface area contributed by atoms with E-state index in [0.29, 0.717) is 34.3 Å². The van der Waals surface area contributed by atoms with E-state index >= 15 is 0 Å². The molecule has 148 valence electrons. The molecule has 0 radical (unpaired) electrons. The lowest BCUT2D eigenvalue weighted by atomic mass is 9.93. The maximum absolute atomic E-state index is 6.38. The third-order valence-corrected chi connectivity index (χ3v) is 5.78. The molecule has 2 aliphatic rings. The summed E-state index contributed by atoms with van der Waals surface area (Å²) in [6.45, 7) is 4.48. The molecule has 0 unspecified atom stereocenters. The molecule has 2 saturated carbocycles. The van der Waals surface area contributed by atoms with Crippen molar-refractivity contribution in [3.63, 3.8) is 0 Å². The third-order valence-electron chi connectivity index (χ3n) is 5.15. The largest absolute Gasteiger partial charge is 0.373 e. The Balaban J connectivity index is 0.00000102. The fourth-order valence-corrected chi connectivity index (χ4v) is 4.08. The molecule has 4 rings (SSSR count). The molecule has 0 amide bonds. The van der Waals surface area contributed by atoms with Crippen molar-refractivity contribution in [1.82, 2.24) is 5.16 Å². The van der Waals surface area contributed by atoms with Crippen LogP contribution in [-0.4, -0.2) is 17.3 Å². The molecule has 2 N–H and O–H groups in total. The van der Waals surface area contributed by atoms with E-state index in [0.717, 1.165) is 55.4 Å². The standard InChI is InChI=1S/C19H22Cl2N2O2.C2H6/c20-15-2-1-3-16(21)17(15)18-14(19(25-23-18)11-4-5-11)10-24-13-8-6-12(22)7-9-13;1-2/h1-3,11-13H,4-10,22H2;1-2H3. The zero-order valence-electron chi connectivity index (χ0n) is 16.0. The van der Waals surface area contributed by atoms with E-state index < -0.39 is 0 Å².